The highest BCUT2D eigenvalue weighted by Gasteiger charge is 2.30. The summed E-state index contributed by atoms with van der Waals surface area (Å²) in [7, 11) is 0. The summed E-state index contributed by atoms with van der Waals surface area (Å²) >= 11 is 12.5. The number of halogens is 3. The predicted octanol–water partition coefficient (Wildman–Crippen LogP) is 4.56. The Labute approximate surface area is 211 Å². The monoisotopic (exact) mass is 521 g/mol. The van der Waals surface area contributed by atoms with E-state index in [9.17, 15) is 14.3 Å². The van der Waals surface area contributed by atoms with Crippen molar-refractivity contribution in [2.45, 2.75) is 63.1 Å². The van der Waals surface area contributed by atoms with E-state index >= 15 is 0 Å². The highest BCUT2D eigenvalue weighted by atomic mass is 35.5. The van der Waals surface area contributed by atoms with Crippen molar-refractivity contribution in [1.82, 2.24) is 19.5 Å². The lowest BCUT2D eigenvalue weighted by Crippen LogP contribution is -2.29. The van der Waals surface area contributed by atoms with Gasteiger partial charge in [-0.25, -0.2) is 14.4 Å². The molecule has 0 spiro atoms. The van der Waals surface area contributed by atoms with Crippen molar-refractivity contribution in [3.05, 3.63) is 34.2 Å². The van der Waals surface area contributed by atoms with Crippen LogP contribution in [-0.4, -0.2) is 42.7 Å². The highest BCUT2D eigenvalue weighted by molar-refractivity contribution is 6.39. The van der Waals surface area contributed by atoms with Gasteiger partial charge in [0.15, 0.2) is 5.65 Å². The van der Waals surface area contributed by atoms with E-state index in [1.807, 2.05) is 4.57 Å². The Bertz CT molecular complexity index is 1240. The quantitative estimate of drug-likeness (QED) is 0.373. The van der Waals surface area contributed by atoms with Gasteiger partial charge in [-0.05, 0) is 57.1 Å². The fourth-order valence-corrected chi connectivity index (χ4v) is 5.62. The number of anilines is 3. The summed E-state index contributed by atoms with van der Waals surface area (Å²) in [6.07, 6.45) is 6.42. The second-order valence-corrected chi connectivity index (χ2v) is 10.0. The summed E-state index contributed by atoms with van der Waals surface area (Å²) in [5.41, 5.74) is 7.00. The lowest BCUT2D eigenvalue weighted by atomic mass is 9.85. The molecule has 0 saturated heterocycles. The average molecular weight is 522 g/mol. The molecule has 35 heavy (non-hydrogen) atoms. The van der Waals surface area contributed by atoms with Crippen LogP contribution >= 0.6 is 23.2 Å². The third-order valence-electron chi connectivity index (χ3n) is 6.93. The zero-order valence-electron chi connectivity index (χ0n) is 18.8. The van der Waals surface area contributed by atoms with E-state index in [4.69, 9.17) is 33.9 Å². The van der Waals surface area contributed by atoms with Crippen molar-refractivity contribution >= 4 is 57.9 Å². The van der Waals surface area contributed by atoms with E-state index in [1.165, 1.54) is 12.1 Å². The average Bonchev–Trinajstić information content (AvgIpc) is 3.38. The number of nitrogens with two attached hydrogens (primary N) is 1. The molecular weight excluding hydrogens is 496 g/mol. The second-order valence-electron chi connectivity index (χ2n) is 9.23. The van der Waals surface area contributed by atoms with Gasteiger partial charge in [-0.3, -0.25) is 9.36 Å². The summed E-state index contributed by atoms with van der Waals surface area (Å²) in [5, 5.41) is 16.8. The molecule has 5 rings (SSSR count). The minimum Gasteiger partial charge on any atom is -0.391 e. The first-order valence-electron chi connectivity index (χ1n) is 11.7. The van der Waals surface area contributed by atoms with Crippen LogP contribution in [0.4, 0.5) is 22.0 Å². The highest BCUT2D eigenvalue weighted by Crippen LogP contribution is 2.39. The van der Waals surface area contributed by atoms with Crippen LogP contribution in [0, 0.1) is 11.7 Å². The van der Waals surface area contributed by atoms with Crippen LogP contribution in [0.15, 0.2) is 18.3 Å². The summed E-state index contributed by atoms with van der Waals surface area (Å²) in [6.45, 7) is 0. The Balaban J connectivity index is 1.54. The lowest BCUT2D eigenvalue weighted by Gasteiger charge is -2.29. The van der Waals surface area contributed by atoms with Gasteiger partial charge >= 0.3 is 0 Å². The van der Waals surface area contributed by atoms with E-state index in [2.05, 4.69) is 20.6 Å². The Morgan fingerprint density at radius 3 is 2.46 bits per heavy atom. The van der Waals surface area contributed by atoms with Crippen molar-refractivity contribution < 1.29 is 14.3 Å². The van der Waals surface area contributed by atoms with Crippen LogP contribution < -0.4 is 16.4 Å². The zero-order valence-corrected chi connectivity index (χ0v) is 20.4. The lowest BCUT2D eigenvalue weighted by molar-refractivity contribution is -0.122. The molecule has 1 amide bonds. The number of amides is 1. The van der Waals surface area contributed by atoms with Gasteiger partial charge in [0.1, 0.15) is 11.3 Å². The molecule has 0 aliphatic heterocycles. The van der Waals surface area contributed by atoms with Gasteiger partial charge in [0.25, 0.3) is 0 Å². The second kappa shape index (κ2) is 9.75. The van der Waals surface area contributed by atoms with Crippen molar-refractivity contribution in [2.24, 2.45) is 11.7 Å². The van der Waals surface area contributed by atoms with E-state index < -0.39 is 11.9 Å². The Morgan fingerprint density at radius 2 is 1.83 bits per heavy atom. The minimum absolute atomic E-state index is 0.0177. The van der Waals surface area contributed by atoms with Crippen molar-refractivity contribution in [3.8, 4) is 0 Å². The van der Waals surface area contributed by atoms with Gasteiger partial charge in [-0.1, -0.05) is 23.2 Å². The Kier molecular flexibility index (Phi) is 6.69. The normalized spacial score (nSPS) is 24.6. The molecule has 12 heteroatoms. The van der Waals surface area contributed by atoms with Crippen LogP contribution in [0.1, 0.15) is 51.0 Å². The fourth-order valence-electron chi connectivity index (χ4n) is 5.06. The number of aliphatic hydroxyl groups is 1. The minimum atomic E-state index is -0.542. The van der Waals surface area contributed by atoms with Crippen LogP contribution in [0.5, 0.6) is 0 Å². The summed E-state index contributed by atoms with van der Waals surface area (Å²) in [4.78, 5) is 25.5. The number of nitrogens with one attached hydrogen (secondary N) is 2. The zero-order chi connectivity index (χ0) is 24.7. The molecule has 2 fully saturated rings. The molecule has 5 N–H and O–H groups in total. The maximum absolute atomic E-state index is 13.7. The molecule has 2 saturated carbocycles. The SMILES string of the molecule is NC(=O)[C@H]1CC[C@@H](n2c(Nc3c(Cl)cc(F)cc3Cl)nc3cnc(N[C@@H]4CCC[C@H]4O)nc32)CC1. The number of benzene rings is 1. The van der Waals surface area contributed by atoms with Crippen LogP contribution in [0.25, 0.3) is 11.2 Å². The summed E-state index contributed by atoms with van der Waals surface area (Å²) in [6, 6.07) is 2.23. The number of fused-ring (bicyclic) bond motifs is 1. The maximum Gasteiger partial charge on any atom is 0.225 e. The first-order chi connectivity index (χ1) is 16.8. The van der Waals surface area contributed by atoms with Gasteiger partial charge in [0.2, 0.25) is 17.8 Å². The molecule has 9 nitrogen and oxygen atoms in total. The number of aromatic nitrogens is 4. The van der Waals surface area contributed by atoms with E-state index in [0.717, 1.165) is 19.3 Å². The van der Waals surface area contributed by atoms with Gasteiger partial charge in [-0.2, -0.15) is 4.98 Å². The third kappa shape index (κ3) is 4.87. The fraction of sp³-hybridized carbons (Fsp3) is 0.478. The third-order valence-corrected chi connectivity index (χ3v) is 7.53. The topological polar surface area (TPSA) is 131 Å². The largest absolute Gasteiger partial charge is 0.391 e. The summed E-state index contributed by atoms with van der Waals surface area (Å²) < 4.78 is 15.7. The van der Waals surface area contributed by atoms with E-state index in [0.29, 0.717) is 54.4 Å². The molecule has 0 unspecified atom stereocenters. The van der Waals surface area contributed by atoms with Crippen molar-refractivity contribution in [3.63, 3.8) is 0 Å². The molecule has 0 bridgehead atoms. The molecule has 3 aromatic rings. The maximum atomic E-state index is 13.7. The van der Waals surface area contributed by atoms with Gasteiger partial charge < -0.3 is 21.5 Å². The molecule has 2 aliphatic carbocycles. The predicted molar refractivity (Wildman–Crippen MR) is 132 cm³/mol. The van der Waals surface area contributed by atoms with Crippen molar-refractivity contribution in [1.29, 1.82) is 0 Å². The first kappa shape index (κ1) is 24.0. The Hall–Kier alpha value is -2.69. The number of hydrogen-bond donors (Lipinski definition) is 4. The number of nitrogens with zero attached hydrogens (tertiary/aromatic N) is 4. The van der Waals surface area contributed by atoms with Crippen molar-refractivity contribution in [2.75, 3.05) is 10.6 Å². The van der Waals surface area contributed by atoms with E-state index in [1.54, 1.807) is 6.20 Å². The molecule has 186 valence electrons. The number of aliphatic hydroxyl groups excluding tert-OH is 1. The number of imidazole rings is 1. The number of carbonyl (C=O) groups is 1. The molecule has 0 radical (unpaired) electrons. The number of carbonyl (C=O) groups excluding carboxylic acids is 1. The van der Waals surface area contributed by atoms with Crippen LogP contribution in [-0.2, 0) is 4.79 Å². The number of hydrogen-bond acceptors (Lipinski definition) is 7. The van der Waals surface area contributed by atoms with Crippen LogP contribution in [0.2, 0.25) is 10.0 Å². The van der Waals surface area contributed by atoms with Gasteiger partial charge in [-0.15, -0.1) is 0 Å². The molecule has 1 aromatic carbocycles. The first-order valence-corrected chi connectivity index (χ1v) is 12.5. The molecular formula is C23H26Cl2FN7O2. The number of rotatable bonds is 6. The molecule has 2 aliphatic rings. The van der Waals surface area contributed by atoms with Gasteiger partial charge in [0, 0.05) is 12.0 Å². The smallest absolute Gasteiger partial charge is 0.225 e. The van der Waals surface area contributed by atoms with Crippen LogP contribution in [0.3, 0.4) is 0 Å². The summed E-state index contributed by atoms with van der Waals surface area (Å²) in [5.74, 6) is -0.148. The van der Waals surface area contributed by atoms with Gasteiger partial charge in [0.05, 0.1) is 34.1 Å². The van der Waals surface area contributed by atoms with E-state index in [-0.39, 0.29) is 34.0 Å². The Morgan fingerprint density at radius 1 is 1.11 bits per heavy atom. The molecule has 2 heterocycles. The molecule has 2 atom stereocenters. The standard InChI is InChI=1S/C23H26Cl2FN7O2/c24-14-8-12(26)9-15(25)19(14)31-23-30-17-10-28-22(29-16-2-1-3-18(16)34)32-21(17)33(23)13-6-4-11(5-7-13)20(27)35/h8-11,13,16,18,34H,1-7H2,(H2,27,35)(H,30,31)(H,28,29,32)/t11-,13+,16-,18-/m1/s1. The molecule has 2 aromatic heterocycles. The number of primary amides is 1.